The zero-order valence-electron chi connectivity index (χ0n) is 19.8. The van der Waals surface area contributed by atoms with Gasteiger partial charge in [-0.05, 0) is 64.0 Å². The van der Waals surface area contributed by atoms with Crippen LogP contribution in [0.2, 0.25) is 0 Å². The fourth-order valence-corrected chi connectivity index (χ4v) is 4.92. The van der Waals surface area contributed by atoms with E-state index in [2.05, 4.69) is 10.4 Å². The number of hydrogen-bond donors (Lipinski definition) is 1. The molecule has 1 N–H and O–H groups in total. The number of fused-ring (bicyclic) bond motifs is 1. The predicted octanol–water partition coefficient (Wildman–Crippen LogP) is 4.38. The van der Waals surface area contributed by atoms with E-state index < -0.39 is 5.60 Å². The van der Waals surface area contributed by atoms with Crippen molar-refractivity contribution in [1.29, 1.82) is 0 Å². The van der Waals surface area contributed by atoms with Crippen LogP contribution >= 0.6 is 11.3 Å². The number of piperidine rings is 1. The van der Waals surface area contributed by atoms with E-state index in [1.807, 2.05) is 58.3 Å². The van der Waals surface area contributed by atoms with Gasteiger partial charge >= 0.3 is 6.09 Å². The number of thiophene rings is 1. The Morgan fingerprint density at radius 2 is 2.12 bits per heavy atom. The summed E-state index contributed by atoms with van der Waals surface area (Å²) in [4.78, 5) is 33.3. The standard InChI is InChI=1S/C24H31N5O3S/c1-15-20-17(12-18(19-9-7-11-33-19)26-21(20)28(5)27-15)22(30)25-13-16-8-6-10-29(14-16)23(31)32-24(2,3)4/h7,9,11-12,16H,6,8,10,13-14H2,1-5H3,(H,25,30). The molecule has 3 aromatic rings. The van der Waals surface area contributed by atoms with Crippen LogP contribution in [0.5, 0.6) is 0 Å². The molecule has 1 aliphatic heterocycles. The number of pyridine rings is 1. The summed E-state index contributed by atoms with van der Waals surface area (Å²) in [6, 6.07) is 5.82. The van der Waals surface area contributed by atoms with Crippen molar-refractivity contribution in [2.75, 3.05) is 19.6 Å². The van der Waals surface area contributed by atoms with Crippen LogP contribution in [0.3, 0.4) is 0 Å². The number of aromatic nitrogens is 3. The molecular weight excluding hydrogens is 438 g/mol. The average molecular weight is 470 g/mol. The van der Waals surface area contributed by atoms with Crippen LogP contribution in [0.25, 0.3) is 21.6 Å². The molecule has 1 atom stereocenters. The molecule has 176 valence electrons. The van der Waals surface area contributed by atoms with Crippen molar-refractivity contribution in [3.63, 3.8) is 0 Å². The normalized spacial score (nSPS) is 16.8. The number of nitrogens with one attached hydrogen (secondary N) is 1. The SMILES string of the molecule is Cc1nn(C)c2nc(-c3cccs3)cc(C(=O)NCC3CCCN(C(=O)OC(C)(C)C)C3)c12. The molecule has 8 nitrogen and oxygen atoms in total. The Bertz CT molecular complexity index is 1160. The Morgan fingerprint density at radius 3 is 2.82 bits per heavy atom. The lowest BCUT2D eigenvalue weighted by Crippen LogP contribution is -2.45. The molecule has 2 amide bonds. The van der Waals surface area contributed by atoms with Gasteiger partial charge in [-0.15, -0.1) is 11.3 Å². The van der Waals surface area contributed by atoms with E-state index >= 15 is 0 Å². The Balaban J connectivity index is 1.51. The average Bonchev–Trinajstić information content (AvgIpc) is 3.39. The van der Waals surface area contributed by atoms with Crippen LogP contribution in [0.4, 0.5) is 4.79 Å². The third-order valence-corrected chi connectivity index (χ3v) is 6.60. The first kappa shape index (κ1) is 23.2. The molecule has 0 radical (unpaired) electrons. The summed E-state index contributed by atoms with van der Waals surface area (Å²) in [5.74, 6) is 0.0324. The van der Waals surface area contributed by atoms with E-state index in [-0.39, 0.29) is 17.9 Å². The van der Waals surface area contributed by atoms with E-state index in [1.165, 1.54) is 0 Å². The van der Waals surface area contributed by atoms with Gasteiger partial charge in [-0.1, -0.05) is 6.07 Å². The van der Waals surface area contributed by atoms with Gasteiger partial charge in [0.1, 0.15) is 5.60 Å². The Hall–Kier alpha value is -2.94. The van der Waals surface area contributed by atoms with E-state index in [9.17, 15) is 9.59 Å². The number of hydrogen-bond acceptors (Lipinski definition) is 6. The molecule has 0 aliphatic carbocycles. The number of ether oxygens (including phenoxy) is 1. The second-order valence-electron chi connectivity index (χ2n) is 9.58. The van der Waals surface area contributed by atoms with E-state index in [4.69, 9.17) is 9.72 Å². The smallest absolute Gasteiger partial charge is 0.410 e. The molecule has 4 rings (SSSR count). The minimum Gasteiger partial charge on any atom is -0.444 e. The fourth-order valence-electron chi connectivity index (χ4n) is 4.23. The molecule has 0 saturated carbocycles. The number of amides is 2. The number of carbonyl (C=O) groups is 2. The minimum absolute atomic E-state index is 0.148. The van der Waals surface area contributed by atoms with Crippen LogP contribution in [0.15, 0.2) is 23.6 Å². The van der Waals surface area contributed by atoms with Crippen LogP contribution in [0, 0.1) is 12.8 Å². The first-order chi connectivity index (χ1) is 15.6. The molecule has 1 aliphatic rings. The van der Waals surface area contributed by atoms with Crippen LogP contribution in [-0.4, -0.2) is 56.9 Å². The molecule has 4 heterocycles. The van der Waals surface area contributed by atoms with Gasteiger partial charge in [0.25, 0.3) is 5.91 Å². The van der Waals surface area contributed by atoms with Crippen molar-refractivity contribution in [3.05, 3.63) is 34.8 Å². The molecule has 3 aromatic heterocycles. The molecule has 1 unspecified atom stereocenters. The highest BCUT2D eigenvalue weighted by Crippen LogP contribution is 2.29. The quantitative estimate of drug-likeness (QED) is 0.612. The second-order valence-corrected chi connectivity index (χ2v) is 10.5. The summed E-state index contributed by atoms with van der Waals surface area (Å²) >= 11 is 1.59. The van der Waals surface area contributed by atoms with Gasteiger partial charge < -0.3 is 15.0 Å². The van der Waals surface area contributed by atoms with E-state index in [0.717, 1.165) is 34.5 Å². The number of rotatable bonds is 4. The van der Waals surface area contributed by atoms with E-state index in [1.54, 1.807) is 20.9 Å². The highest BCUT2D eigenvalue weighted by Gasteiger charge is 2.28. The second kappa shape index (κ2) is 9.13. The maximum absolute atomic E-state index is 13.3. The van der Waals surface area contributed by atoms with Gasteiger partial charge in [-0.3, -0.25) is 9.48 Å². The van der Waals surface area contributed by atoms with Gasteiger partial charge in [0.05, 0.1) is 27.2 Å². The van der Waals surface area contributed by atoms with Gasteiger partial charge in [0, 0.05) is 26.7 Å². The highest BCUT2D eigenvalue weighted by molar-refractivity contribution is 7.13. The Kier molecular flexibility index (Phi) is 6.43. The predicted molar refractivity (Wildman–Crippen MR) is 129 cm³/mol. The van der Waals surface area contributed by atoms with Gasteiger partial charge in [0.2, 0.25) is 0 Å². The van der Waals surface area contributed by atoms with Crippen LogP contribution in [-0.2, 0) is 11.8 Å². The zero-order chi connectivity index (χ0) is 23.8. The van der Waals surface area contributed by atoms with Crippen LogP contribution < -0.4 is 5.32 Å². The number of carbonyl (C=O) groups excluding carboxylic acids is 2. The third-order valence-electron chi connectivity index (χ3n) is 5.71. The Labute approximate surface area is 197 Å². The van der Waals surface area contributed by atoms with Crippen molar-refractivity contribution in [2.45, 2.75) is 46.1 Å². The monoisotopic (exact) mass is 469 g/mol. The van der Waals surface area contributed by atoms with Gasteiger partial charge in [0.15, 0.2) is 5.65 Å². The lowest BCUT2D eigenvalue weighted by Gasteiger charge is -2.34. The first-order valence-electron chi connectivity index (χ1n) is 11.3. The summed E-state index contributed by atoms with van der Waals surface area (Å²) < 4.78 is 7.24. The summed E-state index contributed by atoms with van der Waals surface area (Å²) in [6.07, 6.45) is 1.56. The summed E-state index contributed by atoms with van der Waals surface area (Å²) in [5, 5.41) is 10.3. The summed E-state index contributed by atoms with van der Waals surface area (Å²) in [7, 11) is 1.84. The molecule has 0 aromatic carbocycles. The maximum atomic E-state index is 13.3. The van der Waals surface area contributed by atoms with Gasteiger partial charge in [-0.2, -0.15) is 5.10 Å². The number of aryl methyl sites for hydroxylation is 2. The fraction of sp³-hybridized carbons (Fsp3) is 0.500. The molecule has 9 heteroatoms. The molecule has 1 saturated heterocycles. The molecule has 0 bridgehead atoms. The maximum Gasteiger partial charge on any atom is 0.410 e. The minimum atomic E-state index is -0.521. The van der Waals surface area contributed by atoms with Crippen molar-refractivity contribution in [1.82, 2.24) is 25.0 Å². The van der Waals surface area contributed by atoms with Crippen molar-refractivity contribution in [3.8, 4) is 10.6 Å². The largest absolute Gasteiger partial charge is 0.444 e. The highest BCUT2D eigenvalue weighted by atomic mass is 32.1. The summed E-state index contributed by atoms with van der Waals surface area (Å²) in [5.41, 5.74) is 2.29. The van der Waals surface area contributed by atoms with E-state index in [0.29, 0.717) is 30.8 Å². The Morgan fingerprint density at radius 1 is 1.33 bits per heavy atom. The van der Waals surface area contributed by atoms with Crippen molar-refractivity contribution in [2.24, 2.45) is 13.0 Å². The van der Waals surface area contributed by atoms with Crippen molar-refractivity contribution < 1.29 is 14.3 Å². The first-order valence-corrected chi connectivity index (χ1v) is 12.1. The van der Waals surface area contributed by atoms with Crippen LogP contribution in [0.1, 0.15) is 49.7 Å². The van der Waals surface area contributed by atoms with Gasteiger partial charge in [-0.25, -0.2) is 9.78 Å². The number of likely N-dealkylation sites (tertiary alicyclic amines) is 1. The number of nitrogens with zero attached hydrogens (tertiary/aromatic N) is 4. The molecule has 0 spiro atoms. The molecular formula is C24H31N5O3S. The summed E-state index contributed by atoms with van der Waals surface area (Å²) in [6.45, 7) is 9.25. The topological polar surface area (TPSA) is 89.4 Å². The lowest BCUT2D eigenvalue weighted by molar-refractivity contribution is 0.0167. The zero-order valence-corrected chi connectivity index (χ0v) is 20.7. The molecule has 1 fully saturated rings. The third kappa shape index (κ3) is 5.19. The molecule has 33 heavy (non-hydrogen) atoms. The van der Waals surface area contributed by atoms with Crippen molar-refractivity contribution >= 4 is 34.4 Å². The lowest BCUT2D eigenvalue weighted by atomic mass is 9.98.